The van der Waals surface area contributed by atoms with Crippen LogP contribution in [0.4, 0.5) is 18.9 Å². The Morgan fingerprint density at radius 2 is 1.82 bits per heavy atom. The van der Waals surface area contributed by atoms with E-state index in [1.807, 2.05) is 13.8 Å². The maximum Gasteiger partial charge on any atom is 0.573 e. The molecule has 0 atom stereocenters. The molecular formula is C10H12F3NO3. The Morgan fingerprint density at radius 1 is 1.29 bits per heavy atom. The van der Waals surface area contributed by atoms with E-state index >= 15 is 0 Å². The van der Waals surface area contributed by atoms with Gasteiger partial charge in [-0.05, 0) is 19.1 Å². The highest BCUT2D eigenvalue weighted by molar-refractivity contribution is 5.44. The van der Waals surface area contributed by atoms with Gasteiger partial charge in [0.05, 0.1) is 4.92 Å². The number of halogens is 3. The molecule has 0 radical (unpaired) electrons. The highest BCUT2D eigenvalue weighted by Gasteiger charge is 2.31. The number of nitro groups is 1. The van der Waals surface area contributed by atoms with Crippen molar-refractivity contribution in [2.24, 2.45) is 0 Å². The van der Waals surface area contributed by atoms with Crippen molar-refractivity contribution in [1.82, 2.24) is 0 Å². The molecule has 0 aliphatic rings. The van der Waals surface area contributed by atoms with E-state index in [0.29, 0.717) is 0 Å². The van der Waals surface area contributed by atoms with Crippen molar-refractivity contribution in [1.29, 1.82) is 0 Å². The standard InChI is InChI=1S/C8H6F3NO3.C2H6/c1-5-4-6(15-8(9,10)11)2-3-7(5)12(13)14;1-2/h2-4H,1H3;1-2H3. The molecular weight excluding hydrogens is 239 g/mol. The van der Waals surface area contributed by atoms with Gasteiger partial charge < -0.3 is 4.74 Å². The predicted molar refractivity (Wildman–Crippen MR) is 55.9 cm³/mol. The molecule has 0 aromatic heterocycles. The first-order valence-electron chi connectivity index (χ1n) is 4.80. The molecule has 0 N–H and O–H groups in total. The van der Waals surface area contributed by atoms with Crippen LogP contribution in [-0.2, 0) is 0 Å². The zero-order valence-electron chi connectivity index (χ0n) is 9.54. The van der Waals surface area contributed by atoms with Gasteiger partial charge in [-0.15, -0.1) is 13.2 Å². The first kappa shape index (κ1) is 15.2. The lowest BCUT2D eigenvalue weighted by Gasteiger charge is -2.08. The van der Waals surface area contributed by atoms with Crippen LogP contribution in [0.3, 0.4) is 0 Å². The Hall–Kier alpha value is -1.79. The molecule has 1 rings (SSSR count). The molecule has 0 aliphatic heterocycles. The van der Waals surface area contributed by atoms with E-state index in [2.05, 4.69) is 4.74 Å². The quantitative estimate of drug-likeness (QED) is 0.593. The highest BCUT2D eigenvalue weighted by atomic mass is 19.4. The molecule has 7 heteroatoms. The van der Waals surface area contributed by atoms with Gasteiger partial charge >= 0.3 is 6.36 Å². The van der Waals surface area contributed by atoms with E-state index in [-0.39, 0.29) is 11.3 Å². The molecule has 1 aromatic rings. The predicted octanol–water partition coefficient (Wildman–Crippen LogP) is 3.83. The SMILES string of the molecule is CC.Cc1cc(OC(F)(F)F)ccc1[N+](=O)[O-]. The fraction of sp³-hybridized carbons (Fsp3) is 0.400. The monoisotopic (exact) mass is 251 g/mol. The van der Waals surface area contributed by atoms with Gasteiger partial charge in [-0.25, -0.2) is 0 Å². The third-order valence-corrected chi connectivity index (χ3v) is 1.60. The number of rotatable bonds is 2. The van der Waals surface area contributed by atoms with Crippen LogP contribution in [0.5, 0.6) is 5.75 Å². The smallest absolute Gasteiger partial charge is 0.406 e. The number of nitrogens with zero attached hydrogens (tertiary/aromatic N) is 1. The van der Waals surface area contributed by atoms with Crippen molar-refractivity contribution in [3.63, 3.8) is 0 Å². The maximum absolute atomic E-state index is 11.8. The van der Waals surface area contributed by atoms with Crippen molar-refractivity contribution in [2.75, 3.05) is 0 Å². The number of ether oxygens (including phenoxy) is 1. The summed E-state index contributed by atoms with van der Waals surface area (Å²) in [7, 11) is 0. The molecule has 1 aromatic carbocycles. The van der Waals surface area contributed by atoms with E-state index < -0.39 is 17.0 Å². The molecule has 0 unspecified atom stereocenters. The second-order valence-electron chi connectivity index (χ2n) is 2.75. The summed E-state index contributed by atoms with van der Waals surface area (Å²) < 4.78 is 38.9. The lowest BCUT2D eigenvalue weighted by molar-refractivity contribution is -0.385. The first-order valence-corrected chi connectivity index (χ1v) is 4.80. The minimum Gasteiger partial charge on any atom is -0.406 e. The van der Waals surface area contributed by atoms with Crippen LogP contribution in [-0.4, -0.2) is 11.3 Å². The molecule has 0 saturated heterocycles. The van der Waals surface area contributed by atoms with Crippen LogP contribution in [0.1, 0.15) is 19.4 Å². The molecule has 0 saturated carbocycles. The van der Waals surface area contributed by atoms with E-state index in [0.717, 1.165) is 18.2 Å². The third-order valence-electron chi connectivity index (χ3n) is 1.60. The van der Waals surface area contributed by atoms with Gasteiger partial charge in [0, 0.05) is 11.6 Å². The van der Waals surface area contributed by atoms with Crippen molar-refractivity contribution in [3.05, 3.63) is 33.9 Å². The number of aryl methyl sites for hydroxylation is 1. The van der Waals surface area contributed by atoms with Crippen molar-refractivity contribution >= 4 is 5.69 Å². The van der Waals surface area contributed by atoms with Crippen molar-refractivity contribution in [3.8, 4) is 5.75 Å². The first-order chi connectivity index (χ1) is 7.79. The van der Waals surface area contributed by atoms with Gasteiger partial charge in [-0.2, -0.15) is 0 Å². The second kappa shape index (κ2) is 6.07. The van der Waals surface area contributed by atoms with Crippen LogP contribution < -0.4 is 4.74 Å². The summed E-state index contributed by atoms with van der Waals surface area (Å²) in [5.74, 6) is -0.467. The Morgan fingerprint density at radius 3 is 2.18 bits per heavy atom. The topological polar surface area (TPSA) is 52.4 Å². The minimum atomic E-state index is -4.79. The molecule has 96 valence electrons. The van der Waals surface area contributed by atoms with Crippen molar-refractivity contribution < 1.29 is 22.8 Å². The van der Waals surface area contributed by atoms with Crippen LogP contribution in [0.15, 0.2) is 18.2 Å². The molecule has 0 heterocycles. The molecule has 0 fully saturated rings. The van der Waals surface area contributed by atoms with Gasteiger partial charge in [0.15, 0.2) is 0 Å². The van der Waals surface area contributed by atoms with Crippen LogP contribution >= 0.6 is 0 Å². The van der Waals surface area contributed by atoms with E-state index in [1.54, 1.807) is 0 Å². The highest BCUT2D eigenvalue weighted by Crippen LogP contribution is 2.27. The Balaban J connectivity index is 0.00000121. The minimum absolute atomic E-state index is 0.113. The fourth-order valence-electron chi connectivity index (χ4n) is 1.03. The van der Waals surface area contributed by atoms with Crippen LogP contribution in [0.2, 0.25) is 0 Å². The zero-order valence-corrected chi connectivity index (χ0v) is 9.54. The maximum atomic E-state index is 11.8. The Kier molecular flexibility index (Phi) is 5.43. The lowest BCUT2D eigenvalue weighted by atomic mass is 10.2. The average molecular weight is 251 g/mol. The van der Waals surface area contributed by atoms with E-state index in [9.17, 15) is 23.3 Å². The van der Waals surface area contributed by atoms with Crippen LogP contribution in [0, 0.1) is 17.0 Å². The van der Waals surface area contributed by atoms with Gasteiger partial charge in [0.2, 0.25) is 0 Å². The van der Waals surface area contributed by atoms with Gasteiger partial charge in [-0.1, -0.05) is 13.8 Å². The average Bonchev–Trinajstić information content (AvgIpc) is 2.17. The summed E-state index contributed by atoms with van der Waals surface area (Å²) in [5, 5.41) is 10.4. The summed E-state index contributed by atoms with van der Waals surface area (Å²) in [5.41, 5.74) is -0.133. The molecule has 0 bridgehead atoms. The molecule has 0 spiro atoms. The summed E-state index contributed by atoms with van der Waals surface area (Å²) in [4.78, 5) is 9.69. The normalized spacial score (nSPS) is 10.2. The molecule has 4 nitrogen and oxygen atoms in total. The number of benzene rings is 1. The largest absolute Gasteiger partial charge is 0.573 e. The summed E-state index contributed by atoms with van der Waals surface area (Å²) in [6.45, 7) is 5.33. The third kappa shape index (κ3) is 5.19. The molecule has 0 amide bonds. The Labute approximate surface area is 96.2 Å². The van der Waals surface area contributed by atoms with Crippen molar-refractivity contribution in [2.45, 2.75) is 27.1 Å². The lowest BCUT2D eigenvalue weighted by Crippen LogP contribution is -2.17. The van der Waals surface area contributed by atoms with Gasteiger partial charge in [0.1, 0.15) is 5.75 Å². The molecule has 0 aliphatic carbocycles. The summed E-state index contributed by atoms with van der Waals surface area (Å²) in [6, 6.07) is 2.83. The zero-order chi connectivity index (χ0) is 13.6. The number of alkyl halides is 3. The van der Waals surface area contributed by atoms with E-state index in [4.69, 9.17) is 0 Å². The fourth-order valence-corrected chi connectivity index (χ4v) is 1.03. The van der Waals surface area contributed by atoms with Crippen LogP contribution in [0.25, 0.3) is 0 Å². The number of hydrogen-bond donors (Lipinski definition) is 0. The van der Waals surface area contributed by atoms with Gasteiger partial charge in [0.25, 0.3) is 5.69 Å². The number of nitro benzene ring substituents is 1. The van der Waals surface area contributed by atoms with Gasteiger partial charge in [-0.3, -0.25) is 10.1 Å². The number of hydrogen-bond acceptors (Lipinski definition) is 3. The summed E-state index contributed by atoms with van der Waals surface area (Å²) in [6.07, 6.45) is -4.79. The Bertz CT molecular complexity index is 391. The summed E-state index contributed by atoms with van der Waals surface area (Å²) >= 11 is 0. The molecule has 17 heavy (non-hydrogen) atoms. The van der Waals surface area contributed by atoms with E-state index in [1.165, 1.54) is 6.92 Å². The second-order valence-corrected chi connectivity index (χ2v) is 2.75.